The zero-order chi connectivity index (χ0) is 19.0. The number of aryl methyl sites for hydroxylation is 1. The van der Waals surface area contributed by atoms with Gasteiger partial charge in [-0.05, 0) is 45.0 Å². The Morgan fingerprint density at radius 2 is 2.00 bits per heavy atom. The fourth-order valence-electron chi connectivity index (χ4n) is 2.77. The number of hydrogen-bond acceptors (Lipinski definition) is 5. The maximum Gasteiger partial charge on any atom is 0.338 e. The normalized spacial score (nSPS) is 16.0. The highest BCUT2D eigenvalue weighted by Crippen LogP contribution is 2.36. The fraction of sp³-hybridized carbons (Fsp3) is 0.316. The minimum atomic E-state index is -0.593. The highest BCUT2D eigenvalue weighted by atomic mass is 32.2. The first-order valence-electron chi connectivity index (χ1n) is 8.22. The van der Waals surface area contributed by atoms with Crippen LogP contribution in [0.3, 0.4) is 0 Å². The number of rotatable bonds is 4. The molecule has 136 valence electrons. The zero-order valence-corrected chi connectivity index (χ0v) is 15.9. The van der Waals surface area contributed by atoms with Gasteiger partial charge in [-0.2, -0.15) is 0 Å². The summed E-state index contributed by atoms with van der Waals surface area (Å²) in [5, 5.41) is 2.60. The van der Waals surface area contributed by atoms with E-state index in [-0.39, 0.29) is 23.5 Å². The number of amides is 1. The van der Waals surface area contributed by atoms with Gasteiger partial charge in [-0.3, -0.25) is 9.59 Å². The molecule has 1 aromatic carbocycles. The number of nitrogens with zero attached hydrogens (tertiary/aromatic N) is 1. The number of ether oxygens (including phenoxy) is 1. The summed E-state index contributed by atoms with van der Waals surface area (Å²) in [6.07, 6.45) is 0. The van der Waals surface area contributed by atoms with Crippen molar-refractivity contribution < 1.29 is 19.1 Å². The zero-order valence-electron chi connectivity index (χ0n) is 15.1. The quantitative estimate of drug-likeness (QED) is 0.659. The molecule has 0 radical (unpaired) electrons. The summed E-state index contributed by atoms with van der Waals surface area (Å²) < 4.78 is 7.09. The second-order valence-electron chi connectivity index (χ2n) is 6.30. The fourth-order valence-corrected chi connectivity index (χ4v) is 3.70. The molecular formula is C19H20N2O4S. The lowest BCUT2D eigenvalue weighted by Gasteiger charge is -2.21. The van der Waals surface area contributed by atoms with Crippen molar-refractivity contribution in [3.63, 3.8) is 0 Å². The van der Waals surface area contributed by atoms with E-state index in [1.165, 1.54) is 11.8 Å². The van der Waals surface area contributed by atoms with Crippen molar-refractivity contribution >= 4 is 35.1 Å². The van der Waals surface area contributed by atoms with Crippen LogP contribution in [0.5, 0.6) is 0 Å². The molecule has 1 atom stereocenters. The van der Waals surface area contributed by atoms with Gasteiger partial charge in [0.2, 0.25) is 11.7 Å². The number of Topliss-reactive ketones (excluding diaryl/α,β-unsaturated/α-hetero) is 1. The number of thioether (sulfide) groups is 1. The highest BCUT2D eigenvalue weighted by Gasteiger charge is 2.24. The van der Waals surface area contributed by atoms with Gasteiger partial charge < -0.3 is 14.6 Å². The average molecular weight is 372 g/mol. The summed E-state index contributed by atoms with van der Waals surface area (Å²) in [6.45, 7) is 5.27. The van der Waals surface area contributed by atoms with Gasteiger partial charge in [0.15, 0.2) is 6.61 Å². The molecule has 6 nitrogen and oxygen atoms in total. The molecule has 3 rings (SSSR count). The number of hydrogen-bond donors (Lipinski definition) is 1. The minimum Gasteiger partial charge on any atom is -0.454 e. The van der Waals surface area contributed by atoms with Gasteiger partial charge >= 0.3 is 5.97 Å². The Morgan fingerprint density at radius 3 is 2.65 bits per heavy atom. The minimum absolute atomic E-state index is 0.0990. The van der Waals surface area contributed by atoms with Crippen LogP contribution in [0.15, 0.2) is 29.2 Å². The number of esters is 1. The van der Waals surface area contributed by atoms with Crippen LogP contribution in [0.25, 0.3) is 0 Å². The summed E-state index contributed by atoms with van der Waals surface area (Å²) in [5.41, 5.74) is 3.25. The molecule has 26 heavy (non-hydrogen) atoms. The van der Waals surface area contributed by atoms with Crippen molar-refractivity contribution in [1.29, 1.82) is 0 Å². The molecule has 1 N–H and O–H groups in total. The first kappa shape index (κ1) is 18.3. The number of ketones is 1. The van der Waals surface area contributed by atoms with Crippen molar-refractivity contribution in [1.82, 2.24) is 4.57 Å². The second kappa shape index (κ2) is 6.99. The molecule has 7 heteroatoms. The first-order chi connectivity index (χ1) is 12.3. The Balaban J connectivity index is 1.69. The Morgan fingerprint density at radius 1 is 1.27 bits per heavy atom. The molecule has 0 bridgehead atoms. The van der Waals surface area contributed by atoms with Gasteiger partial charge in [0.25, 0.3) is 0 Å². The Kier molecular flexibility index (Phi) is 4.91. The number of fused-ring (bicyclic) bond motifs is 1. The number of carbonyl (C=O) groups excluding carboxylic acids is 3. The van der Waals surface area contributed by atoms with Crippen molar-refractivity contribution in [2.75, 3.05) is 11.9 Å². The molecule has 1 aliphatic rings. The van der Waals surface area contributed by atoms with Gasteiger partial charge in [-0.25, -0.2) is 4.79 Å². The predicted molar refractivity (Wildman–Crippen MR) is 99.9 cm³/mol. The van der Waals surface area contributed by atoms with E-state index in [9.17, 15) is 14.4 Å². The molecule has 1 aliphatic heterocycles. The SMILES string of the molecule is Cc1cc(C(=O)COC(=O)c2ccc3c(c2)NC(=O)C(C)S3)c(C)n1C. The van der Waals surface area contributed by atoms with E-state index in [1.807, 2.05) is 32.4 Å². The third-order valence-corrected chi connectivity index (χ3v) is 5.73. The van der Waals surface area contributed by atoms with E-state index in [2.05, 4.69) is 5.32 Å². The van der Waals surface area contributed by atoms with E-state index >= 15 is 0 Å². The number of carbonyl (C=O) groups is 3. The van der Waals surface area contributed by atoms with E-state index < -0.39 is 5.97 Å². The van der Waals surface area contributed by atoms with Crippen molar-refractivity contribution in [2.24, 2.45) is 7.05 Å². The maximum atomic E-state index is 12.3. The lowest BCUT2D eigenvalue weighted by molar-refractivity contribution is -0.115. The summed E-state index contributed by atoms with van der Waals surface area (Å²) in [6, 6.07) is 6.79. The maximum absolute atomic E-state index is 12.3. The third kappa shape index (κ3) is 3.39. The second-order valence-corrected chi connectivity index (χ2v) is 7.69. The molecule has 0 saturated carbocycles. The van der Waals surface area contributed by atoms with Crippen molar-refractivity contribution in [3.8, 4) is 0 Å². The van der Waals surface area contributed by atoms with Gasteiger partial charge in [0.05, 0.1) is 16.5 Å². The Hall–Kier alpha value is -2.54. The van der Waals surface area contributed by atoms with Crippen molar-refractivity contribution in [2.45, 2.75) is 30.9 Å². The molecule has 1 unspecified atom stereocenters. The molecule has 0 aliphatic carbocycles. The topological polar surface area (TPSA) is 77.4 Å². The lowest BCUT2D eigenvalue weighted by atomic mass is 10.1. The number of benzene rings is 1. The molecule has 0 saturated heterocycles. The summed E-state index contributed by atoms with van der Waals surface area (Å²) >= 11 is 1.44. The largest absolute Gasteiger partial charge is 0.454 e. The number of nitrogens with one attached hydrogen (secondary N) is 1. The van der Waals surface area contributed by atoms with Crippen LogP contribution in [0.2, 0.25) is 0 Å². The van der Waals surface area contributed by atoms with Gasteiger partial charge in [0, 0.05) is 28.9 Å². The summed E-state index contributed by atoms with van der Waals surface area (Å²) in [4.78, 5) is 37.3. The van der Waals surface area contributed by atoms with E-state index in [1.54, 1.807) is 24.3 Å². The Labute approximate surface area is 155 Å². The van der Waals surface area contributed by atoms with E-state index in [0.29, 0.717) is 16.8 Å². The predicted octanol–water partition coefficient (Wildman–Crippen LogP) is 3.11. The number of aromatic nitrogens is 1. The molecule has 0 spiro atoms. The Bertz CT molecular complexity index is 917. The van der Waals surface area contributed by atoms with Crippen LogP contribution in [0.1, 0.15) is 39.0 Å². The monoisotopic (exact) mass is 372 g/mol. The molecule has 2 aromatic rings. The van der Waals surface area contributed by atoms with Gasteiger partial charge in [-0.15, -0.1) is 11.8 Å². The third-order valence-electron chi connectivity index (χ3n) is 4.56. The molecule has 0 fully saturated rings. The van der Waals surface area contributed by atoms with E-state index in [0.717, 1.165) is 16.3 Å². The van der Waals surface area contributed by atoms with Crippen LogP contribution in [-0.4, -0.2) is 34.1 Å². The number of anilines is 1. The van der Waals surface area contributed by atoms with Crippen LogP contribution < -0.4 is 5.32 Å². The van der Waals surface area contributed by atoms with Gasteiger partial charge in [-0.1, -0.05) is 0 Å². The summed E-state index contributed by atoms with van der Waals surface area (Å²) in [7, 11) is 1.88. The molecule has 1 aromatic heterocycles. The van der Waals surface area contributed by atoms with Crippen LogP contribution >= 0.6 is 11.8 Å². The lowest BCUT2D eigenvalue weighted by Crippen LogP contribution is -2.26. The highest BCUT2D eigenvalue weighted by molar-refractivity contribution is 8.00. The van der Waals surface area contributed by atoms with Gasteiger partial charge in [0.1, 0.15) is 0 Å². The summed E-state index contributed by atoms with van der Waals surface area (Å²) in [5.74, 6) is -0.933. The standard InChI is InChI=1S/C19H20N2O4S/c1-10-7-14(11(2)21(10)4)16(22)9-25-19(24)13-5-6-17-15(8-13)20-18(23)12(3)26-17/h5-8,12H,9H2,1-4H3,(H,20,23). The smallest absolute Gasteiger partial charge is 0.338 e. The van der Waals surface area contributed by atoms with Crippen LogP contribution in [0, 0.1) is 13.8 Å². The average Bonchev–Trinajstić information content (AvgIpc) is 2.87. The molecule has 1 amide bonds. The van der Waals surface area contributed by atoms with Crippen LogP contribution in [0.4, 0.5) is 5.69 Å². The van der Waals surface area contributed by atoms with Crippen LogP contribution in [-0.2, 0) is 16.6 Å². The van der Waals surface area contributed by atoms with E-state index in [4.69, 9.17) is 4.74 Å². The molecule has 2 heterocycles. The van der Waals surface area contributed by atoms with Crippen molar-refractivity contribution in [3.05, 3.63) is 46.8 Å². The molecular weight excluding hydrogens is 352 g/mol. The first-order valence-corrected chi connectivity index (χ1v) is 9.10.